The van der Waals surface area contributed by atoms with Gasteiger partial charge in [0.1, 0.15) is 0 Å². The van der Waals surface area contributed by atoms with Crippen LogP contribution in [-0.4, -0.2) is 72.5 Å². The molecule has 0 aliphatic carbocycles. The predicted octanol–water partition coefficient (Wildman–Crippen LogP) is 2.30. The lowest BCUT2D eigenvalue weighted by Gasteiger charge is -2.43. The number of nitrogens with zero attached hydrogens (tertiary/aromatic N) is 3. The van der Waals surface area contributed by atoms with Crippen LogP contribution in [0.1, 0.15) is 47.0 Å². The molecular weight excluding hydrogens is 274 g/mol. The van der Waals surface area contributed by atoms with Gasteiger partial charge in [-0.1, -0.05) is 34.1 Å². The molecule has 0 aromatic heterocycles. The number of amides is 1. The van der Waals surface area contributed by atoms with Crippen LogP contribution in [-0.2, 0) is 4.79 Å². The van der Waals surface area contributed by atoms with Gasteiger partial charge in [-0.25, -0.2) is 0 Å². The summed E-state index contributed by atoms with van der Waals surface area (Å²) in [6.45, 7) is 16.7. The van der Waals surface area contributed by atoms with E-state index in [4.69, 9.17) is 0 Å². The van der Waals surface area contributed by atoms with Crippen LogP contribution in [0, 0.1) is 11.8 Å². The number of hydrogen-bond donors (Lipinski definition) is 0. The molecular formula is C18H35N3O. The van der Waals surface area contributed by atoms with Gasteiger partial charge in [-0.05, 0) is 18.8 Å². The van der Waals surface area contributed by atoms with Crippen molar-refractivity contribution in [3.8, 4) is 0 Å². The minimum atomic E-state index is 0.139. The number of rotatable bonds is 5. The van der Waals surface area contributed by atoms with Gasteiger partial charge in [-0.2, -0.15) is 0 Å². The highest BCUT2D eigenvalue weighted by molar-refractivity contribution is 5.78. The van der Waals surface area contributed by atoms with Crippen molar-refractivity contribution in [3.63, 3.8) is 0 Å². The third-order valence-electron chi connectivity index (χ3n) is 5.46. The summed E-state index contributed by atoms with van der Waals surface area (Å²) < 4.78 is 0. The molecule has 0 bridgehead atoms. The topological polar surface area (TPSA) is 26.8 Å². The molecule has 2 saturated heterocycles. The molecule has 2 heterocycles. The van der Waals surface area contributed by atoms with E-state index in [1.165, 1.54) is 39.1 Å². The van der Waals surface area contributed by atoms with Crippen LogP contribution in [0.5, 0.6) is 0 Å². The normalized spacial score (nSPS) is 24.0. The molecule has 2 fully saturated rings. The van der Waals surface area contributed by atoms with Crippen molar-refractivity contribution < 1.29 is 4.79 Å². The Balaban J connectivity index is 1.71. The molecule has 0 N–H and O–H groups in total. The molecule has 0 spiro atoms. The lowest BCUT2D eigenvalue weighted by Crippen LogP contribution is -2.54. The van der Waals surface area contributed by atoms with Gasteiger partial charge >= 0.3 is 0 Å². The summed E-state index contributed by atoms with van der Waals surface area (Å²) in [6, 6.07) is 0.696. The van der Waals surface area contributed by atoms with Gasteiger partial charge in [0, 0.05) is 57.8 Å². The van der Waals surface area contributed by atoms with Crippen LogP contribution >= 0.6 is 0 Å². The van der Waals surface area contributed by atoms with E-state index in [9.17, 15) is 4.79 Å². The molecule has 2 aliphatic rings. The summed E-state index contributed by atoms with van der Waals surface area (Å²) in [5.74, 6) is 1.29. The highest BCUT2D eigenvalue weighted by atomic mass is 16.2. The standard InChI is InChI=1S/C18H35N3O/c1-5-16(4)14-19-10-12-20(13-11-19)17-6-8-21(9-7-17)18(22)15(2)3/h15-17H,5-14H2,1-4H3. The molecule has 1 atom stereocenters. The van der Waals surface area contributed by atoms with Crippen molar-refractivity contribution in [3.05, 3.63) is 0 Å². The minimum Gasteiger partial charge on any atom is -0.342 e. The first kappa shape index (κ1) is 17.7. The number of carbonyl (C=O) groups is 1. The van der Waals surface area contributed by atoms with E-state index in [1.807, 2.05) is 13.8 Å². The fraction of sp³-hybridized carbons (Fsp3) is 0.944. The lowest BCUT2D eigenvalue weighted by molar-refractivity contribution is -0.136. The van der Waals surface area contributed by atoms with Crippen LogP contribution in [0.2, 0.25) is 0 Å². The largest absolute Gasteiger partial charge is 0.342 e. The first-order valence-electron chi connectivity index (χ1n) is 9.26. The lowest BCUT2D eigenvalue weighted by atomic mass is 10.0. The zero-order valence-electron chi connectivity index (χ0n) is 15.1. The zero-order valence-corrected chi connectivity index (χ0v) is 15.1. The molecule has 1 amide bonds. The van der Waals surface area contributed by atoms with Gasteiger partial charge in [-0.15, -0.1) is 0 Å². The summed E-state index contributed by atoms with van der Waals surface area (Å²) in [6.07, 6.45) is 3.59. The number of likely N-dealkylation sites (tertiary alicyclic amines) is 1. The second-order valence-corrected chi connectivity index (χ2v) is 7.56. The Morgan fingerprint density at radius 3 is 2.09 bits per heavy atom. The van der Waals surface area contributed by atoms with Crippen LogP contribution in [0.4, 0.5) is 0 Å². The quantitative estimate of drug-likeness (QED) is 0.780. The van der Waals surface area contributed by atoms with Crippen LogP contribution in [0.3, 0.4) is 0 Å². The number of carbonyl (C=O) groups excluding carboxylic acids is 1. The Kier molecular flexibility index (Phi) is 6.69. The molecule has 0 saturated carbocycles. The van der Waals surface area contributed by atoms with Gasteiger partial charge in [-0.3, -0.25) is 9.69 Å². The van der Waals surface area contributed by atoms with E-state index >= 15 is 0 Å². The summed E-state index contributed by atoms with van der Waals surface area (Å²) in [5, 5.41) is 0. The molecule has 2 rings (SSSR count). The van der Waals surface area contributed by atoms with Crippen molar-refractivity contribution in [1.29, 1.82) is 0 Å². The smallest absolute Gasteiger partial charge is 0.225 e. The van der Waals surface area contributed by atoms with Crippen molar-refractivity contribution >= 4 is 5.91 Å². The molecule has 1 unspecified atom stereocenters. The maximum Gasteiger partial charge on any atom is 0.225 e. The fourth-order valence-corrected chi connectivity index (χ4v) is 3.70. The van der Waals surface area contributed by atoms with Crippen molar-refractivity contribution in [1.82, 2.24) is 14.7 Å². The Labute approximate surface area is 136 Å². The molecule has 2 aliphatic heterocycles. The summed E-state index contributed by atoms with van der Waals surface area (Å²) >= 11 is 0. The number of piperazine rings is 1. The van der Waals surface area contributed by atoms with Gasteiger partial charge in [0.2, 0.25) is 5.91 Å². The second kappa shape index (κ2) is 8.30. The van der Waals surface area contributed by atoms with E-state index in [-0.39, 0.29) is 5.92 Å². The average Bonchev–Trinajstić information content (AvgIpc) is 2.55. The predicted molar refractivity (Wildman–Crippen MR) is 91.9 cm³/mol. The van der Waals surface area contributed by atoms with Gasteiger partial charge < -0.3 is 9.80 Å². The molecule has 22 heavy (non-hydrogen) atoms. The number of hydrogen-bond acceptors (Lipinski definition) is 3. The minimum absolute atomic E-state index is 0.139. The molecule has 4 nitrogen and oxygen atoms in total. The monoisotopic (exact) mass is 309 g/mol. The Morgan fingerprint density at radius 2 is 1.59 bits per heavy atom. The van der Waals surface area contributed by atoms with Gasteiger partial charge in [0.25, 0.3) is 0 Å². The average molecular weight is 309 g/mol. The van der Waals surface area contributed by atoms with E-state index in [1.54, 1.807) is 0 Å². The Hall–Kier alpha value is -0.610. The zero-order chi connectivity index (χ0) is 16.1. The maximum atomic E-state index is 12.1. The third kappa shape index (κ3) is 4.69. The van der Waals surface area contributed by atoms with Crippen LogP contribution < -0.4 is 0 Å². The third-order valence-corrected chi connectivity index (χ3v) is 5.46. The molecule has 0 aromatic rings. The Bertz CT molecular complexity index is 342. The SMILES string of the molecule is CCC(C)CN1CCN(C2CCN(C(=O)C(C)C)CC2)CC1. The summed E-state index contributed by atoms with van der Waals surface area (Å²) in [5.41, 5.74) is 0. The maximum absolute atomic E-state index is 12.1. The first-order valence-corrected chi connectivity index (χ1v) is 9.26. The second-order valence-electron chi connectivity index (χ2n) is 7.56. The summed E-state index contributed by atoms with van der Waals surface area (Å²) in [7, 11) is 0. The van der Waals surface area contributed by atoms with E-state index in [2.05, 4.69) is 28.5 Å². The van der Waals surface area contributed by atoms with Crippen molar-refractivity contribution in [2.75, 3.05) is 45.8 Å². The van der Waals surface area contributed by atoms with Gasteiger partial charge in [0.05, 0.1) is 0 Å². The number of piperidine rings is 1. The van der Waals surface area contributed by atoms with Crippen LogP contribution in [0.15, 0.2) is 0 Å². The van der Waals surface area contributed by atoms with Gasteiger partial charge in [0.15, 0.2) is 0 Å². The summed E-state index contributed by atoms with van der Waals surface area (Å²) in [4.78, 5) is 19.4. The molecule has 0 aromatic carbocycles. The van der Waals surface area contributed by atoms with E-state index in [0.717, 1.165) is 31.8 Å². The van der Waals surface area contributed by atoms with E-state index < -0.39 is 0 Å². The molecule has 4 heteroatoms. The van der Waals surface area contributed by atoms with Crippen molar-refractivity contribution in [2.45, 2.75) is 53.0 Å². The van der Waals surface area contributed by atoms with Crippen LogP contribution in [0.25, 0.3) is 0 Å². The van der Waals surface area contributed by atoms with E-state index in [0.29, 0.717) is 11.9 Å². The first-order chi connectivity index (χ1) is 10.5. The fourth-order valence-electron chi connectivity index (χ4n) is 3.70. The highest BCUT2D eigenvalue weighted by Gasteiger charge is 2.29. The molecule has 0 radical (unpaired) electrons. The highest BCUT2D eigenvalue weighted by Crippen LogP contribution is 2.20. The molecule has 128 valence electrons. The van der Waals surface area contributed by atoms with Crippen molar-refractivity contribution in [2.24, 2.45) is 11.8 Å². The Morgan fingerprint density at radius 1 is 1.00 bits per heavy atom.